The molecule has 2 aromatic heterocycles. The van der Waals surface area contributed by atoms with Crippen LogP contribution in [-0.4, -0.2) is 45.5 Å². The van der Waals surface area contributed by atoms with Crippen LogP contribution >= 0.6 is 23.1 Å². The summed E-state index contributed by atoms with van der Waals surface area (Å²) in [5.41, 5.74) is 1.08. The number of carbonyl (C=O) groups is 1. The molecule has 8 heteroatoms. The highest BCUT2D eigenvalue weighted by atomic mass is 32.2. The van der Waals surface area contributed by atoms with Crippen LogP contribution in [0.15, 0.2) is 29.4 Å². The van der Waals surface area contributed by atoms with Crippen molar-refractivity contribution >= 4 is 44.2 Å². The number of fused-ring (bicyclic) bond motifs is 3. The third-order valence-corrected chi connectivity index (χ3v) is 5.74. The largest absolute Gasteiger partial charge is 0.376 e. The van der Waals surface area contributed by atoms with Gasteiger partial charge in [-0.05, 0) is 25.0 Å². The van der Waals surface area contributed by atoms with Crippen LogP contribution < -0.4 is 5.32 Å². The minimum absolute atomic E-state index is 0.00165. The van der Waals surface area contributed by atoms with E-state index in [4.69, 9.17) is 4.74 Å². The minimum Gasteiger partial charge on any atom is -0.376 e. The van der Waals surface area contributed by atoms with Gasteiger partial charge >= 0.3 is 0 Å². The van der Waals surface area contributed by atoms with Crippen molar-refractivity contribution < 1.29 is 9.53 Å². The van der Waals surface area contributed by atoms with Crippen LogP contribution in [0.25, 0.3) is 15.2 Å². The van der Waals surface area contributed by atoms with Gasteiger partial charge in [0.2, 0.25) is 10.9 Å². The van der Waals surface area contributed by atoms with Gasteiger partial charge in [0.25, 0.3) is 0 Å². The first-order chi connectivity index (χ1) is 11.3. The van der Waals surface area contributed by atoms with Gasteiger partial charge in [-0.15, -0.1) is 10.2 Å². The molecule has 0 saturated carbocycles. The number of nitrogens with one attached hydrogen (secondary N) is 1. The number of para-hydroxylation sites is 1. The maximum atomic E-state index is 12.0. The van der Waals surface area contributed by atoms with Gasteiger partial charge in [-0.1, -0.05) is 35.2 Å². The average Bonchev–Trinajstić information content (AvgIpc) is 3.27. The first-order valence-electron chi connectivity index (χ1n) is 7.55. The van der Waals surface area contributed by atoms with Gasteiger partial charge in [-0.25, -0.2) is 0 Å². The monoisotopic (exact) mass is 348 g/mol. The van der Waals surface area contributed by atoms with E-state index in [-0.39, 0.29) is 12.0 Å². The maximum absolute atomic E-state index is 12.0. The van der Waals surface area contributed by atoms with Gasteiger partial charge in [0.05, 0.1) is 22.1 Å². The van der Waals surface area contributed by atoms with Gasteiger partial charge in [0.1, 0.15) is 0 Å². The highest BCUT2D eigenvalue weighted by Gasteiger charge is 2.17. The van der Waals surface area contributed by atoms with Crippen LogP contribution in [0.4, 0.5) is 0 Å². The number of hydrogen-bond acceptors (Lipinski definition) is 6. The van der Waals surface area contributed by atoms with Crippen LogP contribution in [-0.2, 0) is 9.53 Å². The number of thioether (sulfide) groups is 1. The number of carbonyl (C=O) groups excluding carboxylic acids is 1. The Morgan fingerprint density at radius 1 is 1.43 bits per heavy atom. The van der Waals surface area contributed by atoms with Crippen molar-refractivity contribution in [1.82, 2.24) is 19.9 Å². The van der Waals surface area contributed by atoms with E-state index in [1.165, 1.54) is 16.5 Å². The molecule has 3 aromatic rings. The SMILES string of the molecule is O=C(CSc1nnc2sc3ccccc3n12)NCC1CCCO1. The van der Waals surface area contributed by atoms with Crippen LogP contribution in [0.1, 0.15) is 12.8 Å². The molecule has 1 aliphatic heterocycles. The molecule has 1 N–H and O–H groups in total. The lowest BCUT2D eigenvalue weighted by Gasteiger charge is -2.10. The summed E-state index contributed by atoms with van der Waals surface area (Å²) in [6, 6.07) is 8.12. The molecule has 1 saturated heterocycles. The van der Waals surface area contributed by atoms with E-state index in [0.29, 0.717) is 12.3 Å². The highest BCUT2D eigenvalue weighted by Crippen LogP contribution is 2.29. The Morgan fingerprint density at radius 3 is 3.22 bits per heavy atom. The molecule has 4 rings (SSSR count). The number of hydrogen-bond donors (Lipinski definition) is 1. The summed E-state index contributed by atoms with van der Waals surface area (Å²) in [5.74, 6) is 0.333. The summed E-state index contributed by atoms with van der Waals surface area (Å²) >= 11 is 3.01. The number of nitrogens with zero attached hydrogens (tertiary/aromatic N) is 3. The number of aromatic nitrogens is 3. The normalized spacial score (nSPS) is 18.0. The Morgan fingerprint density at radius 2 is 2.35 bits per heavy atom. The summed E-state index contributed by atoms with van der Waals surface area (Å²) in [6.45, 7) is 1.40. The Balaban J connectivity index is 1.42. The first kappa shape index (κ1) is 14.9. The third kappa shape index (κ3) is 3.06. The van der Waals surface area contributed by atoms with E-state index in [9.17, 15) is 4.79 Å². The molecular weight excluding hydrogens is 332 g/mol. The fourth-order valence-corrected chi connectivity index (χ4v) is 4.46. The number of ether oxygens (including phenoxy) is 1. The second-order valence-corrected chi connectivity index (χ2v) is 7.35. The van der Waals surface area contributed by atoms with Gasteiger partial charge in [0.15, 0.2) is 5.16 Å². The lowest BCUT2D eigenvalue weighted by Crippen LogP contribution is -2.32. The molecule has 23 heavy (non-hydrogen) atoms. The predicted octanol–water partition coefficient (Wildman–Crippen LogP) is 2.33. The molecule has 0 radical (unpaired) electrons. The van der Waals surface area contributed by atoms with E-state index in [0.717, 1.165) is 35.1 Å². The number of thiazole rings is 1. The summed E-state index contributed by atoms with van der Waals surface area (Å²) in [6.07, 6.45) is 2.28. The molecule has 0 bridgehead atoms. The van der Waals surface area contributed by atoms with Crippen molar-refractivity contribution in [3.63, 3.8) is 0 Å². The van der Waals surface area contributed by atoms with Gasteiger partial charge < -0.3 is 10.1 Å². The molecule has 0 aliphatic carbocycles. The van der Waals surface area contributed by atoms with Crippen molar-refractivity contribution in [1.29, 1.82) is 0 Å². The zero-order valence-corrected chi connectivity index (χ0v) is 14.0. The molecule has 1 amide bonds. The van der Waals surface area contributed by atoms with Crippen LogP contribution in [0.5, 0.6) is 0 Å². The smallest absolute Gasteiger partial charge is 0.230 e. The van der Waals surface area contributed by atoms with Gasteiger partial charge in [-0.2, -0.15) is 0 Å². The van der Waals surface area contributed by atoms with Crippen molar-refractivity contribution in [2.24, 2.45) is 0 Å². The Kier molecular flexibility index (Phi) is 4.19. The Bertz CT molecular complexity index is 838. The molecule has 120 valence electrons. The summed E-state index contributed by atoms with van der Waals surface area (Å²) < 4.78 is 8.68. The van der Waals surface area contributed by atoms with Crippen LogP contribution in [0.3, 0.4) is 0 Å². The van der Waals surface area contributed by atoms with Crippen molar-refractivity contribution in [2.75, 3.05) is 18.9 Å². The van der Waals surface area contributed by atoms with E-state index in [1.807, 2.05) is 22.6 Å². The standard InChI is InChI=1S/C15H16N4O2S2/c20-13(16-8-10-4-3-7-21-10)9-22-14-17-18-15-19(14)11-5-1-2-6-12(11)23-15/h1-2,5-6,10H,3-4,7-9H2,(H,16,20). The van der Waals surface area contributed by atoms with Crippen molar-refractivity contribution in [3.8, 4) is 0 Å². The van der Waals surface area contributed by atoms with E-state index >= 15 is 0 Å². The van der Waals surface area contributed by atoms with Crippen LogP contribution in [0.2, 0.25) is 0 Å². The van der Waals surface area contributed by atoms with E-state index < -0.39 is 0 Å². The lowest BCUT2D eigenvalue weighted by molar-refractivity contribution is -0.119. The fraction of sp³-hybridized carbons (Fsp3) is 0.400. The average molecular weight is 348 g/mol. The zero-order chi connectivity index (χ0) is 15.6. The summed E-state index contributed by atoms with van der Waals surface area (Å²) in [4.78, 5) is 12.8. The second kappa shape index (κ2) is 6.46. The topological polar surface area (TPSA) is 68.5 Å². The van der Waals surface area contributed by atoms with Crippen molar-refractivity contribution in [2.45, 2.75) is 24.1 Å². The predicted molar refractivity (Wildman–Crippen MR) is 91.1 cm³/mol. The lowest BCUT2D eigenvalue weighted by atomic mass is 10.2. The molecule has 6 nitrogen and oxygen atoms in total. The molecule has 1 atom stereocenters. The first-order valence-corrected chi connectivity index (χ1v) is 9.35. The second-order valence-electron chi connectivity index (χ2n) is 5.40. The quantitative estimate of drug-likeness (QED) is 0.717. The zero-order valence-electron chi connectivity index (χ0n) is 12.4. The summed E-state index contributed by atoms with van der Waals surface area (Å²) in [7, 11) is 0. The van der Waals surface area contributed by atoms with Crippen molar-refractivity contribution in [3.05, 3.63) is 24.3 Å². The van der Waals surface area contributed by atoms with Gasteiger partial charge in [-0.3, -0.25) is 9.20 Å². The molecule has 1 aromatic carbocycles. The number of amides is 1. The number of benzene rings is 1. The van der Waals surface area contributed by atoms with Crippen LogP contribution in [0, 0.1) is 0 Å². The Hall–Kier alpha value is -1.64. The number of rotatable bonds is 5. The van der Waals surface area contributed by atoms with Gasteiger partial charge in [0, 0.05) is 13.2 Å². The molecule has 0 spiro atoms. The molecular formula is C15H16N4O2S2. The van der Waals surface area contributed by atoms with E-state index in [2.05, 4.69) is 21.6 Å². The molecule has 1 aliphatic rings. The fourth-order valence-electron chi connectivity index (χ4n) is 2.66. The maximum Gasteiger partial charge on any atom is 0.230 e. The summed E-state index contributed by atoms with van der Waals surface area (Å²) in [5, 5.41) is 12.1. The van der Waals surface area contributed by atoms with E-state index in [1.54, 1.807) is 11.3 Å². The molecule has 3 heterocycles. The Labute approximate surface area is 141 Å². The highest BCUT2D eigenvalue weighted by molar-refractivity contribution is 7.99. The minimum atomic E-state index is 0.00165. The third-order valence-electron chi connectivity index (χ3n) is 3.79. The molecule has 1 unspecified atom stereocenters. The molecule has 1 fully saturated rings.